The molecule has 110 valence electrons. The summed E-state index contributed by atoms with van der Waals surface area (Å²) < 4.78 is 0. The summed E-state index contributed by atoms with van der Waals surface area (Å²) in [6.45, 7) is 6.75. The molecule has 1 fully saturated rings. The van der Waals surface area contributed by atoms with Gasteiger partial charge in [-0.1, -0.05) is 30.4 Å². The monoisotopic (exact) mass is 300 g/mol. The molecule has 0 bridgehead atoms. The lowest BCUT2D eigenvalue weighted by Crippen LogP contribution is -2.48. The number of fused-ring (bicyclic) bond motifs is 1. The van der Waals surface area contributed by atoms with E-state index in [-0.39, 0.29) is 0 Å². The Hall–Kier alpha value is -1.72. The molecule has 1 aliphatic heterocycles. The molecular weight excluding hydrogens is 280 g/mol. The summed E-state index contributed by atoms with van der Waals surface area (Å²) in [5.74, 6) is 0. The van der Waals surface area contributed by atoms with Gasteiger partial charge in [-0.3, -0.25) is 9.88 Å². The number of anilines is 1. The molecule has 1 aromatic carbocycles. The predicted octanol–water partition coefficient (Wildman–Crippen LogP) is 1.95. The van der Waals surface area contributed by atoms with Gasteiger partial charge in [0.1, 0.15) is 0 Å². The molecular formula is C16H20N4S. The average molecular weight is 300 g/mol. The lowest BCUT2D eigenvalue weighted by Gasteiger charge is -2.36. The molecule has 1 aliphatic rings. The molecule has 0 radical (unpaired) electrons. The molecule has 0 spiro atoms. The van der Waals surface area contributed by atoms with Crippen molar-refractivity contribution in [3.63, 3.8) is 0 Å². The molecule has 1 saturated heterocycles. The smallest absolute Gasteiger partial charge is 0.0870 e. The maximum Gasteiger partial charge on any atom is 0.0870 e. The first-order valence-corrected chi connectivity index (χ1v) is 7.66. The number of rotatable bonds is 3. The summed E-state index contributed by atoms with van der Waals surface area (Å²) in [6.07, 6.45) is 0. The second kappa shape index (κ2) is 5.95. The first-order valence-electron chi connectivity index (χ1n) is 7.25. The molecule has 2 N–H and O–H groups in total. The highest BCUT2D eigenvalue weighted by Crippen LogP contribution is 2.27. The Morgan fingerprint density at radius 2 is 1.95 bits per heavy atom. The summed E-state index contributed by atoms with van der Waals surface area (Å²) in [7, 11) is 0. The highest BCUT2D eigenvalue weighted by molar-refractivity contribution is 7.80. The van der Waals surface area contributed by atoms with Crippen molar-refractivity contribution in [1.82, 2.24) is 9.88 Å². The Kier molecular flexibility index (Phi) is 4.03. The van der Waals surface area contributed by atoms with Crippen LogP contribution in [-0.4, -0.2) is 47.6 Å². The molecule has 2 heterocycles. The maximum atomic E-state index is 5.63. The topological polar surface area (TPSA) is 45.4 Å². The van der Waals surface area contributed by atoms with E-state index in [0.29, 0.717) is 4.99 Å². The van der Waals surface area contributed by atoms with Crippen LogP contribution in [0.1, 0.15) is 5.69 Å². The van der Waals surface area contributed by atoms with Crippen molar-refractivity contribution < 1.29 is 0 Å². The average Bonchev–Trinajstić information content (AvgIpc) is 2.46. The van der Waals surface area contributed by atoms with Gasteiger partial charge in [-0.25, -0.2) is 0 Å². The number of nitrogens with two attached hydrogens (primary N) is 1. The maximum absolute atomic E-state index is 5.63. The molecule has 0 atom stereocenters. The lowest BCUT2D eigenvalue weighted by atomic mass is 10.1. The van der Waals surface area contributed by atoms with Crippen molar-refractivity contribution in [3.8, 4) is 0 Å². The van der Waals surface area contributed by atoms with Gasteiger partial charge in [0.2, 0.25) is 0 Å². The van der Waals surface area contributed by atoms with Crippen LogP contribution in [-0.2, 0) is 0 Å². The van der Waals surface area contributed by atoms with Crippen molar-refractivity contribution in [1.29, 1.82) is 0 Å². The van der Waals surface area contributed by atoms with Gasteiger partial charge >= 0.3 is 0 Å². The largest absolute Gasteiger partial charge is 0.392 e. The van der Waals surface area contributed by atoms with E-state index in [9.17, 15) is 0 Å². The second-order valence-electron chi connectivity index (χ2n) is 5.53. The summed E-state index contributed by atoms with van der Waals surface area (Å²) in [5, 5.41) is 1.23. The van der Waals surface area contributed by atoms with E-state index in [1.165, 1.54) is 11.1 Å². The number of nitrogens with zero attached hydrogens (tertiary/aromatic N) is 3. The van der Waals surface area contributed by atoms with E-state index in [1.54, 1.807) is 0 Å². The minimum atomic E-state index is 0.577. The highest BCUT2D eigenvalue weighted by Gasteiger charge is 2.19. The van der Waals surface area contributed by atoms with E-state index in [1.807, 2.05) is 6.07 Å². The van der Waals surface area contributed by atoms with Gasteiger partial charge in [0, 0.05) is 49.5 Å². The third-order valence-electron chi connectivity index (χ3n) is 3.91. The number of pyridine rings is 1. The zero-order valence-electron chi connectivity index (χ0n) is 12.2. The Morgan fingerprint density at radius 1 is 1.24 bits per heavy atom. The van der Waals surface area contributed by atoms with Crippen molar-refractivity contribution in [2.45, 2.75) is 6.92 Å². The normalized spacial score (nSPS) is 16.3. The molecule has 4 nitrogen and oxygen atoms in total. The third kappa shape index (κ3) is 3.14. The summed E-state index contributed by atoms with van der Waals surface area (Å²) >= 11 is 4.99. The molecule has 0 aliphatic carbocycles. The van der Waals surface area contributed by atoms with Crippen molar-refractivity contribution in [3.05, 3.63) is 36.0 Å². The van der Waals surface area contributed by atoms with Gasteiger partial charge in [-0.05, 0) is 19.1 Å². The van der Waals surface area contributed by atoms with E-state index >= 15 is 0 Å². The van der Waals surface area contributed by atoms with E-state index in [2.05, 4.69) is 46.0 Å². The zero-order valence-corrected chi connectivity index (χ0v) is 13.1. The summed E-state index contributed by atoms with van der Waals surface area (Å²) in [5.41, 5.74) is 9.05. The molecule has 3 rings (SSSR count). The van der Waals surface area contributed by atoms with Crippen LogP contribution in [0.15, 0.2) is 30.3 Å². The standard InChI is InChI=1S/C16H20N4S/c1-12-10-15(13-4-2-3-5-14(13)18-12)20-8-6-19(7-9-20)11-16(17)21/h2-5,10H,6-9,11H2,1H3,(H2,17,21). The summed E-state index contributed by atoms with van der Waals surface area (Å²) in [6, 6.07) is 10.5. The fourth-order valence-electron chi connectivity index (χ4n) is 2.91. The Morgan fingerprint density at radius 3 is 2.67 bits per heavy atom. The number of benzene rings is 1. The van der Waals surface area contributed by atoms with Crippen molar-refractivity contribution >= 4 is 33.8 Å². The molecule has 0 saturated carbocycles. The number of aryl methyl sites for hydroxylation is 1. The number of piperazine rings is 1. The van der Waals surface area contributed by atoms with Gasteiger partial charge in [-0.2, -0.15) is 0 Å². The number of thiocarbonyl (C=S) groups is 1. The van der Waals surface area contributed by atoms with Crippen molar-refractivity contribution in [2.24, 2.45) is 5.73 Å². The lowest BCUT2D eigenvalue weighted by molar-refractivity contribution is 0.292. The van der Waals surface area contributed by atoms with E-state index < -0.39 is 0 Å². The van der Waals surface area contributed by atoms with Gasteiger partial charge in [0.15, 0.2) is 0 Å². The van der Waals surface area contributed by atoms with Gasteiger partial charge in [-0.15, -0.1) is 0 Å². The first-order chi connectivity index (χ1) is 10.1. The van der Waals surface area contributed by atoms with Crippen molar-refractivity contribution in [2.75, 3.05) is 37.6 Å². The van der Waals surface area contributed by atoms with Crippen LogP contribution in [0.5, 0.6) is 0 Å². The van der Waals surface area contributed by atoms with E-state index in [0.717, 1.165) is 43.9 Å². The number of hydrogen-bond acceptors (Lipinski definition) is 4. The fraction of sp³-hybridized carbons (Fsp3) is 0.375. The fourth-order valence-corrected chi connectivity index (χ4v) is 3.10. The van der Waals surface area contributed by atoms with E-state index in [4.69, 9.17) is 18.0 Å². The quantitative estimate of drug-likeness (QED) is 0.878. The third-order valence-corrected chi connectivity index (χ3v) is 4.04. The second-order valence-corrected chi connectivity index (χ2v) is 6.05. The molecule has 21 heavy (non-hydrogen) atoms. The first kappa shape index (κ1) is 14.2. The molecule has 2 aromatic rings. The van der Waals surface area contributed by atoms with Crippen LogP contribution in [0.2, 0.25) is 0 Å². The van der Waals surface area contributed by atoms with Crippen LogP contribution in [0.4, 0.5) is 5.69 Å². The van der Waals surface area contributed by atoms with Crippen LogP contribution < -0.4 is 10.6 Å². The summed E-state index contributed by atoms with van der Waals surface area (Å²) in [4.78, 5) is 9.94. The van der Waals surface area contributed by atoms with Crippen LogP contribution in [0.3, 0.4) is 0 Å². The predicted molar refractivity (Wildman–Crippen MR) is 91.9 cm³/mol. The van der Waals surface area contributed by atoms with Crippen LogP contribution in [0, 0.1) is 6.92 Å². The zero-order chi connectivity index (χ0) is 14.8. The van der Waals surface area contributed by atoms with Crippen LogP contribution in [0.25, 0.3) is 10.9 Å². The minimum Gasteiger partial charge on any atom is -0.392 e. The van der Waals surface area contributed by atoms with Gasteiger partial charge < -0.3 is 10.6 Å². The molecule has 0 amide bonds. The SMILES string of the molecule is Cc1cc(N2CCN(CC(N)=S)CC2)c2ccccc2n1. The highest BCUT2D eigenvalue weighted by atomic mass is 32.1. The Balaban J connectivity index is 1.84. The number of hydrogen-bond donors (Lipinski definition) is 1. The molecule has 1 aromatic heterocycles. The molecule has 5 heteroatoms. The number of para-hydroxylation sites is 1. The van der Waals surface area contributed by atoms with Gasteiger partial charge in [0.05, 0.1) is 10.5 Å². The number of aromatic nitrogens is 1. The van der Waals surface area contributed by atoms with Gasteiger partial charge in [0.25, 0.3) is 0 Å². The Bertz CT molecular complexity index is 662. The minimum absolute atomic E-state index is 0.577. The molecule has 0 unspecified atom stereocenters. The Labute approximate surface area is 130 Å². The van der Waals surface area contributed by atoms with Crippen LogP contribution >= 0.6 is 12.2 Å².